The number of esters is 1. The van der Waals surface area contributed by atoms with Gasteiger partial charge in [0.25, 0.3) is 0 Å². The number of ether oxygens (including phenoxy) is 1. The molecule has 3 rings (SSSR count). The Bertz CT molecular complexity index is 992. The largest absolute Gasteiger partial charge is 0.478 e. The SMILES string of the molecule is Cc1ccc(/C=C2\C(=O)CC(N)C2OC(=O)c2ccccc2C(=O)O)c(C)c1. The zero-order valence-electron chi connectivity index (χ0n) is 15.6. The third-order valence-corrected chi connectivity index (χ3v) is 4.79. The van der Waals surface area contributed by atoms with Crippen molar-refractivity contribution < 1.29 is 24.2 Å². The maximum Gasteiger partial charge on any atom is 0.339 e. The number of Topliss-reactive ketones (excluding diaryl/α,β-unsaturated/α-hetero) is 1. The number of ketones is 1. The normalized spacial score (nSPS) is 20.4. The van der Waals surface area contributed by atoms with Crippen LogP contribution >= 0.6 is 0 Å². The Balaban J connectivity index is 1.93. The highest BCUT2D eigenvalue weighted by Crippen LogP contribution is 2.28. The van der Waals surface area contributed by atoms with Crippen molar-refractivity contribution in [3.05, 3.63) is 75.9 Å². The quantitative estimate of drug-likeness (QED) is 0.625. The Kier molecular flexibility index (Phi) is 5.42. The average molecular weight is 379 g/mol. The lowest BCUT2D eigenvalue weighted by Gasteiger charge is -2.18. The average Bonchev–Trinajstić information content (AvgIpc) is 2.90. The molecule has 1 aliphatic rings. The lowest BCUT2D eigenvalue weighted by molar-refractivity contribution is -0.114. The summed E-state index contributed by atoms with van der Waals surface area (Å²) in [6.45, 7) is 3.91. The van der Waals surface area contributed by atoms with Crippen LogP contribution in [0.3, 0.4) is 0 Å². The number of carboxylic acids is 1. The first-order valence-electron chi connectivity index (χ1n) is 8.89. The number of carbonyl (C=O) groups is 3. The minimum absolute atomic E-state index is 0.0647. The summed E-state index contributed by atoms with van der Waals surface area (Å²) < 4.78 is 5.50. The molecule has 0 radical (unpaired) electrons. The molecule has 6 nitrogen and oxygen atoms in total. The van der Waals surface area contributed by atoms with Crippen LogP contribution in [0.1, 0.15) is 43.8 Å². The summed E-state index contributed by atoms with van der Waals surface area (Å²) in [4.78, 5) is 36.4. The summed E-state index contributed by atoms with van der Waals surface area (Å²) in [5.41, 5.74) is 9.06. The number of aromatic carboxylic acids is 1. The molecule has 1 saturated carbocycles. The predicted octanol–water partition coefficient (Wildman–Crippen LogP) is 2.91. The molecule has 2 aromatic rings. The Hall–Kier alpha value is -3.25. The van der Waals surface area contributed by atoms with Crippen molar-refractivity contribution in [3.8, 4) is 0 Å². The first kappa shape index (κ1) is 19.5. The molecule has 1 fully saturated rings. The predicted molar refractivity (Wildman–Crippen MR) is 104 cm³/mol. The monoisotopic (exact) mass is 379 g/mol. The van der Waals surface area contributed by atoms with Crippen LogP contribution in [0, 0.1) is 13.8 Å². The van der Waals surface area contributed by atoms with Crippen molar-refractivity contribution in [2.24, 2.45) is 5.73 Å². The lowest BCUT2D eigenvalue weighted by Crippen LogP contribution is -2.34. The van der Waals surface area contributed by atoms with Crippen molar-refractivity contribution >= 4 is 23.8 Å². The van der Waals surface area contributed by atoms with Gasteiger partial charge in [0, 0.05) is 12.0 Å². The minimum atomic E-state index is -1.23. The molecular weight excluding hydrogens is 358 g/mol. The molecule has 28 heavy (non-hydrogen) atoms. The fourth-order valence-corrected chi connectivity index (χ4v) is 3.32. The highest BCUT2D eigenvalue weighted by Gasteiger charge is 2.39. The number of aryl methyl sites for hydroxylation is 2. The van der Waals surface area contributed by atoms with Crippen LogP contribution in [0.15, 0.2) is 48.0 Å². The second-order valence-electron chi connectivity index (χ2n) is 6.93. The van der Waals surface area contributed by atoms with Gasteiger partial charge in [-0.3, -0.25) is 4.79 Å². The van der Waals surface area contributed by atoms with E-state index in [0.717, 1.165) is 16.7 Å². The minimum Gasteiger partial charge on any atom is -0.478 e. The molecule has 0 spiro atoms. The highest BCUT2D eigenvalue weighted by atomic mass is 16.5. The molecule has 144 valence electrons. The van der Waals surface area contributed by atoms with E-state index in [0.29, 0.717) is 5.57 Å². The van der Waals surface area contributed by atoms with Crippen molar-refractivity contribution in [2.75, 3.05) is 0 Å². The molecule has 0 aromatic heterocycles. The molecule has 1 aliphatic carbocycles. The summed E-state index contributed by atoms with van der Waals surface area (Å²) >= 11 is 0. The molecule has 2 atom stereocenters. The van der Waals surface area contributed by atoms with E-state index in [-0.39, 0.29) is 23.3 Å². The van der Waals surface area contributed by atoms with E-state index in [2.05, 4.69) is 0 Å². The number of hydrogen-bond acceptors (Lipinski definition) is 5. The van der Waals surface area contributed by atoms with Crippen LogP contribution < -0.4 is 5.73 Å². The Morgan fingerprint density at radius 2 is 1.82 bits per heavy atom. The topological polar surface area (TPSA) is 107 Å². The Morgan fingerprint density at radius 1 is 1.14 bits per heavy atom. The molecular formula is C22H21NO5. The molecule has 3 N–H and O–H groups in total. The third-order valence-electron chi connectivity index (χ3n) is 4.79. The van der Waals surface area contributed by atoms with Crippen molar-refractivity contribution in [1.29, 1.82) is 0 Å². The summed E-state index contributed by atoms with van der Waals surface area (Å²) in [7, 11) is 0. The van der Waals surface area contributed by atoms with Gasteiger partial charge in [-0.05, 0) is 43.2 Å². The van der Waals surface area contributed by atoms with Gasteiger partial charge in [0.2, 0.25) is 0 Å². The van der Waals surface area contributed by atoms with E-state index in [1.165, 1.54) is 18.2 Å². The zero-order chi connectivity index (χ0) is 20.4. The molecule has 0 aliphatic heterocycles. The first-order valence-corrected chi connectivity index (χ1v) is 8.89. The van der Waals surface area contributed by atoms with E-state index >= 15 is 0 Å². The molecule has 0 heterocycles. The fourth-order valence-electron chi connectivity index (χ4n) is 3.32. The van der Waals surface area contributed by atoms with Crippen LogP contribution in [0.2, 0.25) is 0 Å². The zero-order valence-corrected chi connectivity index (χ0v) is 15.6. The number of hydrogen-bond donors (Lipinski definition) is 2. The maximum absolute atomic E-state index is 12.6. The number of carbonyl (C=O) groups excluding carboxylic acids is 2. The van der Waals surface area contributed by atoms with E-state index in [1.807, 2.05) is 32.0 Å². The number of benzene rings is 2. The van der Waals surface area contributed by atoms with Gasteiger partial charge in [-0.25, -0.2) is 9.59 Å². The van der Waals surface area contributed by atoms with Gasteiger partial charge < -0.3 is 15.6 Å². The standard InChI is InChI=1S/C22H21NO5/c1-12-7-8-14(13(2)9-12)10-17-19(24)11-18(23)20(17)28-22(27)16-6-4-3-5-15(16)21(25)26/h3-10,18,20H,11,23H2,1-2H3,(H,25,26)/b17-10+. The van der Waals surface area contributed by atoms with Crippen LogP contribution in [0.4, 0.5) is 0 Å². The molecule has 0 bridgehead atoms. The molecule has 2 unspecified atom stereocenters. The molecule has 0 saturated heterocycles. The summed E-state index contributed by atoms with van der Waals surface area (Å²) in [6, 6.07) is 10.9. The van der Waals surface area contributed by atoms with Gasteiger partial charge in [0.1, 0.15) is 6.10 Å². The summed E-state index contributed by atoms with van der Waals surface area (Å²) in [5, 5.41) is 9.27. The van der Waals surface area contributed by atoms with Crippen molar-refractivity contribution in [1.82, 2.24) is 0 Å². The van der Waals surface area contributed by atoms with Gasteiger partial charge in [0.15, 0.2) is 5.78 Å². The van der Waals surface area contributed by atoms with E-state index in [4.69, 9.17) is 10.5 Å². The van der Waals surface area contributed by atoms with E-state index in [1.54, 1.807) is 12.1 Å². The van der Waals surface area contributed by atoms with Gasteiger partial charge in [-0.2, -0.15) is 0 Å². The van der Waals surface area contributed by atoms with Gasteiger partial charge >= 0.3 is 11.9 Å². The van der Waals surface area contributed by atoms with Gasteiger partial charge in [-0.1, -0.05) is 35.9 Å². The van der Waals surface area contributed by atoms with Crippen molar-refractivity contribution in [3.63, 3.8) is 0 Å². The first-order chi connectivity index (χ1) is 13.3. The maximum atomic E-state index is 12.6. The summed E-state index contributed by atoms with van der Waals surface area (Å²) in [6.07, 6.45) is 0.836. The summed E-state index contributed by atoms with van der Waals surface area (Å²) in [5.74, 6) is -2.23. The van der Waals surface area contributed by atoms with E-state index in [9.17, 15) is 19.5 Å². The number of nitrogens with two attached hydrogens (primary N) is 1. The fraction of sp³-hybridized carbons (Fsp3) is 0.227. The van der Waals surface area contributed by atoms with Crippen molar-refractivity contribution in [2.45, 2.75) is 32.4 Å². The molecule has 6 heteroatoms. The lowest BCUT2D eigenvalue weighted by atomic mass is 10.0. The smallest absolute Gasteiger partial charge is 0.339 e. The molecule has 2 aromatic carbocycles. The molecule has 0 amide bonds. The van der Waals surface area contributed by atoms with Crippen LogP contribution in [0.5, 0.6) is 0 Å². The van der Waals surface area contributed by atoms with E-state index < -0.39 is 24.1 Å². The number of rotatable bonds is 4. The van der Waals surface area contributed by atoms with Gasteiger partial charge in [-0.15, -0.1) is 0 Å². The third kappa shape index (κ3) is 3.87. The van der Waals surface area contributed by atoms with Crippen LogP contribution in [-0.4, -0.2) is 35.0 Å². The second-order valence-corrected chi connectivity index (χ2v) is 6.93. The van der Waals surface area contributed by atoms with Crippen LogP contribution in [0.25, 0.3) is 6.08 Å². The van der Waals surface area contributed by atoms with Crippen LogP contribution in [-0.2, 0) is 9.53 Å². The Labute approximate surface area is 162 Å². The van der Waals surface area contributed by atoms with Gasteiger partial charge in [0.05, 0.1) is 17.2 Å². The second kappa shape index (κ2) is 7.78. The highest BCUT2D eigenvalue weighted by molar-refractivity contribution is 6.06. The Morgan fingerprint density at radius 3 is 2.46 bits per heavy atom. The number of carboxylic acid groups (broad SMARTS) is 1.